The summed E-state index contributed by atoms with van der Waals surface area (Å²) in [6.45, 7) is 5.43. The predicted octanol–water partition coefficient (Wildman–Crippen LogP) is 4.07. The highest BCUT2D eigenvalue weighted by atomic mass is 19.1. The van der Waals surface area contributed by atoms with Crippen LogP contribution in [0.15, 0.2) is 45.7 Å². The Balaban J connectivity index is 1.43. The van der Waals surface area contributed by atoms with Gasteiger partial charge in [-0.05, 0) is 55.5 Å². The maximum absolute atomic E-state index is 13.9. The van der Waals surface area contributed by atoms with Crippen molar-refractivity contribution in [2.24, 2.45) is 7.05 Å². The molecule has 1 aromatic carbocycles. The van der Waals surface area contributed by atoms with Gasteiger partial charge in [0.1, 0.15) is 23.1 Å². The Morgan fingerprint density at radius 1 is 1.05 bits per heavy atom. The van der Waals surface area contributed by atoms with Gasteiger partial charge in [-0.15, -0.1) is 0 Å². The minimum Gasteiger partial charge on any atom is -0.349 e. The smallest absolute Gasteiger partial charge is 0.349 e. The maximum atomic E-state index is 13.9. The fraction of sp³-hybridized carbons (Fsp3) is 0.448. The summed E-state index contributed by atoms with van der Waals surface area (Å²) in [4.78, 5) is 31.2. The third kappa shape index (κ3) is 4.62. The minimum absolute atomic E-state index is 0.0177. The lowest BCUT2D eigenvalue weighted by atomic mass is 9.95. The SMILES string of the molecule is CC[C@H]1CN(C(c2ccc(F)cc2)c2noc(C3CC3)n2)[C@H](CC)CN1c1nc(=O)n(C)c2ccc(C#N)nc12. The van der Waals surface area contributed by atoms with Crippen LogP contribution in [0.4, 0.5) is 10.2 Å². The van der Waals surface area contributed by atoms with Gasteiger partial charge < -0.3 is 9.42 Å². The number of piperazine rings is 1. The van der Waals surface area contributed by atoms with Crippen molar-refractivity contribution in [3.63, 3.8) is 0 Å². The van der Waals surface area contributed by atoms with E-state index in [-0.39, 0.29) is 35.3 Å². The van der Waals surface area contributed by atoms with Crippen LogP contribution < -0.4 is 10.6 Å². The van der Waals surface area contributed by atoms with Crippen LogP contribution in [-0.2, 0) is 7.05 Å². The van der Waals surface area contributed by atoms with E-state index < -0.39 is 0 Å². The third-order valence-electron chi connectivity index (χ3n) is 8.15. The Kier molecular flexibility index (Phi) is 6.80. The molecular formula is C29H31FN8O2. The van der Waals surface area contributed by atoms with Gasteiger partial charge in [-0.2, -0.15) is 15.2 Å². The van der Waals surface area contributed by atoms with E-state index in [0.717, 1.165) is 31.2 Å². The molecule has 10 nitrogen and oxygen atoms in total. The van der Waals surface area contributed by atoms with Crippen LogP contribution in [0.3, 0.4) is 0 Å². The Bertz CT molecular complexity index is 1640. The first-order chi connectivity index (χ1) is 19.4. The summed E-state index contributed by atoms with van der Waals surface area (Å²) in [6, 6.07) is 11.7. The molecule has 3 atom stereocenters. The van der Waals surface area contributed by atoms with Gasteiger partial charge >= 0.3 is 5.69 Å². The van der Waals surface area contributed by atoms with Gasteiger partial charge in [0.25, 0.3) is 0 Å². The van der Waals surface area contributed by atoms with Crippen molar-refractivity contribution in [2.75, 3.05) is 18.0 Å². The van der Waals surface area contributed by atoms with Gasteiger partial charge in [0.2, 0.25) is 5.89 Å². The molecule has 2 fully saturated rings. The first kappa shape index (κ1) is 26.1. The highest BCUT2D eigenvalue weighted by molar-refractivity contribution is 5.86. The van der Waals surface area contributed by atoms with Crippen molar-refractivity contribution in [2.45, 2.75) is 63.6 Å². The van der Waals surface area contributed by atoms with Crippen LogP contribution in [0.2, 0.25) is 0 Å². The Morgan fingerprint density at radius 3 is 2.48 bits per heavy atom. The summed E-state index contributed by atoms with van der Waals surface area (Å²) >= 11 is 0. The monoisotopic (exact) mass is 542 g/mol. The predicted molar refractivity (Wildman–Crippen MR) is 146 cm³/mol. The number of aromatic nitrogens is 5. The molecule has 206 valence electrons. The third-order valence-corrected chi connectivity index (χ3v) is 8.15. The first-order valence-electron chi connectivity index (χ1n) is 13.8. The fourth-order valence-electron chi connectivity index (χ4n) is 5.72. The molecule has 1 saturated heterocycles. The second-order valence-electron chi connectivity index (χ2n) is 10.6. The number of anilines is 1. The molecule has 0 radical (unpaired) electrons. The highest BCUT2D eigenvalue weighted by Gasteiger charge is 2.41. The molecule has 1 unspecified atom stereocenters. The molecule has 40 heavy (non-hydrogen) atoms. The van der Waals surface area contributed by atoms with E-state index in [1.807, 2.05) is 0 Å². The summed E-state index contributed by atoms with van der Waals surface area (Å²) in [7, 11) is 1.66. The Labute approximate surface area is 231 Å². The quantitative estimate of drug-likeness (QED) is 0.341. The van der Waals surface area contributed by atoms with Crippen molar-refractivity contribution in [3.05, 3.63) is 75.7 Å². The zero-order valence-electron chi connectivity index (χ0n) is 22.8. The zero-order chi connectivity index (χ0) is 28.0. The summed E-state index contributed by atoms with van der Waals surface area (Å²) in [6.07, 6.45) is 3.68. The number of benzene rings is 1. The topological polar surface area (TPSA) is 117 Å². The average molecular weight is 543 g/mol. The summed E-state index contributed by atoms with van der Waals surface area (Å²) in [5, 5.41) is 13.9. The maximum Gasteiger partial charge on any atom is 0.349 e. The molecule has 4 heterocycles. The fourth-order valence-corrected chi connectivity index (χ4v) is 5.72. The van der Waals surface area contributed by atoms with Crippen molar-refractivity contribution < 1.29 is 8.91 Å². The molecule has 1 aliphatic heterocycles. The number of fused-ring (bicyclic) bond motifs is 1. The van der Waals surface area contributed by atoms with Gasteiger partial charge in [0.15, 0.2) is 11.6 Å². The molecule has 0 spiro atoms. The molecule has 0 amide bonds. The van der Waals surface area contributed by atoms with Crippen LogP contribution in [0.25, 0.3) is 11.0 Å². The normalized spacial score (nSPS) is 20.5. The molecule has 3 aromatic heterocycles. The van der Waals surface area contributed by atoms with E-state index in [4.69, 9.17) is 9.51 Å². The van der Waals surface area contributed by atoms with Crippen LogP contribution in [0, 0.1) is 17.1 Å². The molecule has 11 heteroatoms. The molecule has 0 N–H and O–H groups in total. The largest absolute Gasteiger partial charge is 0.349 e. The second kappa shape index (κ2) is 10.4. The van der Waals surface area contributed by atoms with Crippen LogP contribution in [0.1, 0.15) is 74.5 Å². The molecule has 1 aliphatic carbocycles. The lowest BCUT2D eigenvalue weighted by Crippen LogP contribution is -2.59. The van der Waals surface area contributed by atoms with Crippen LogP contribution in [-0.4, -0.2) is 54.7 Å². The van der Waals surface area contributed by atoms with Gasteiger partial charge in [-0.1, -0.05) is 31.1 Å². The molecular weight excluding hydrogens is 511 g/mol. The number of hydrogen-bond donors (Lipinski definition) is 0. The van der Waals surface area contributed by atoms with Crippen molar-refractivity contribution in [1.82, 2.24) is 29.6 Å². The number of pyridine rings is 1. The average Bonchev–Trinajstić information content (AvgIpc) is 3.72. The highest BCUT2D eigenvalue weighted by Crippen LogP contribution is 2.41. The van der Waals surface area contributed by atoms with Crippen molar-refractivity contribution in [3.8, 4) is 6.07 Å². The standard InChI is InChI=1S/C29H31FN8O2/c1-4-21-16-38(27-24-23(36(3)29(39)34-27)13-12-20(14-31)32-24)22(5-2)15-37(21)25(17-8-10-19(30)11-9-17)26-33-28(40-35-26)18-6-7-18/h8-13,18,21-22,25H,4-7,15-16H2,1-3H3/t21-,22+,25?/m1/s1. The number of nitriles is 1. The first-order valence-corrected chi connectivity index (χ1v) is 13.8. The molecule has 0 bridgehead atoms. The van der Waals surface area contributed by atoms with E-state index in [0.29, 0.717) is 47.6 Å². The van der Waals surface area contributed by atoms with Crippen molar-refractivity contribution in [1.29, 1.82) is 5.26 Å². The lowest BCUT2D eigenvalue weighted by molar-refractivity contribution is 0.105. The number of hydrogen-bond acceptors (Lipinski definition) is 9. The van der Waals surface area contributed by atoms with E-state index in [1.54, 1.807) is 31.3 Å². The van der Waals surface area contributed by atoms with E-state index in [1.165, 1.54) is 16.7 Å². The molecule has 4 aromatic rings. The van der Waals surface area contributed by atoms with Crippen LogP contribution in [0.5, 0.6) is 0 Å². The minimum atomic E-state index is -0.372. The van der Waals surface area contributed by atoms with Crippen molar-refractivity contribution >= 4 is 16.9 Å². The Morgan fingerprint density at radius 2 is 1.80 bits per heavy atom. The Hall–Kier alpha value is -4.17. The molecule has 6 rings (SSSR count). The number of aryl methyl sites for hydroxylation is 1. The van der Waals surface area contributed by atoms with Crippen LogP contribution >= 0.6 is 0 Å². The second-order valence-corrected chi connectivity index (χ2v) is 10.6. The van der Waals surface area contributed by atoms with E-state index >= 15 is 0 Å². The van der Waals surface area contributed by atoms with Gasteiger partial charge in [-0.25, -0.2) is 14.2 Å². The van der Waals surface area contributed by atoms with E-state index in [9.17, 15) is 14.4 Å². The molecule has 2 aliphatic rings. The molecule has 1 saturated carbocycles. The van der Waals surface area contributed by atoms with E-state index in [2.05, 4.69) is 44.8 Å². The summed E-state index contributed by atoms with van der Waals surface area (Å²) < 4.78 is 21.0. The van der Waals surface area contributed by atoms with Gasteiger partial charge in [0.05, 0.1) is 11.6 Å². The lowest BCUT2D eigenvalue weighted by Gasteiger charge is -2.49. The zero-order valence-corrected chi connectivity index (χ0v) is 22.8. The number of rotatable bonds is 7. The van der Waals surface area contributed by atoms with Gasteiger partial charge in [0, 0.05) is 38.1 Å². The summed E-state index contributed by atoms with van der Waals surface area (Å²) in [5.41, 5.74) is 1.95. The summed E-state index contributed by atoms with van der Waals surface area (Å²) in [5.74, 6) is 1.76. The number of halogens is 1. The number of nitrogens with zero attached hydrogens (tertiary/aromatic N) is 8. The van der Waals surface area contributed by atoms with Gasteiger partial charge in [-0.3, -0.25) is 9.47 Å².